The van der Waals surface area contributed by atoms with E-state index in [1.807, 2.05) is 24.3 Å². The molecule has 0 aliphatic rings. The maximum absolute atomic E-state index is 12.2. The molecule has 0 fully saturated rings. The van der Waals surface area contributed by atoms with Crippen LogP contribution in [0.15, 0.2) is 66.7 Å². The Balaban J connectivity index is 1.66. The fourth-order valence-corrected chi connectivity index (χ4v) is 2.64. The average Bonchev–Trinajstić information content (AvgIpc) is 2.64. The van der Waals surface area contributed by atoms with Gasteiger partial charge in [0.15, 0.2) is 11.5 Å². The highest BCUT2D eigenvalue weighted by atomic mass is 19.4. The van der Waals surface area contributed by atoms with Gasteiger partial charge in [0, 0.05) is 6.07 Å². The van der Waals surface area contributed by atoms with Crippen molar-refractivity contribution in [2.75, 3.05) is 0 Å². The lowest BCUT2D eigenvalue weighted by atomic mass is 9.87. The summed E-state index contributed by atoms with van der Waals surface area (Å²) in [6, 6.07) is 17.0. The van der Waals surface area contributed by atoms with E-state index in [1.54, 1.807) is 12.1 Å². The van der Waals surface area contributed by atoms with Crippen LogP contribution >= 0.6 is 0 Å². The first-order valence-electron chi connectivity index (χ1n) is 9.15. The molecule has 0 unspecified atom stereocenters. The molecule has 3 aromatic rings. The molecule has 3 rings (SSSR count). The van der Waals surface area contributed by atoms with E-state index in [0.717, 1.165) is 17.7 Å². The zero-order valence-electron chi connectivity index (χ0n) is 16.7. The molecule has 7 heteroatoms. The van der Waals surface area contributed by atoms with Crippen molar-refractivity contribution in [3.63, 3.8) is 0 Å². The fourth-order valence-electron chi connectivity index (χ4n) is 2.64. The molecule has 0 heterocycles. The van der Waals surface area contributed by atoms with Gasteiger partial charge in [-0.2, -0.15) is 0 Å². The molecule has 158 valence electrons. The number of halogens is 3. The van der Waals surface area contributed by atoms with E-state index in [1.165, 1.54) is 18.2 Å². The highest BCUT2D eigenvalue weighted by Crippen LogP contribution is 2.36. The number of hydrogen-bond acceptors (Lipinski definition) is 4. The first-order chi connectivity index (χ1) is 14.0. The van der Waals surface area contributed by atoms with Gasteiger partial charge in [0.2, 0.25) is 0 Å². The second-order valence-corrected chi connectivity index (χ2v) is 7.63. The summed E-state index contributed by atoms with van der Waals surface area (Å²) in [5.74, 6) is 0.929. The number of alkyl halides is 3. The molecule has 0 radical (unpaired) electrons. The Morgan fingerprint density at radius 3 is 1.70 bits per heavy atom. The topological polar surface area (TPSA) is 47.9 Å². The van der Waals surface area contributed by atoms with Gasteiger partial charge in [-0.3, -0.25) is 0 Å². The third-order valence-corrected chi connectivity index (χ3v) is 4.17. The standard InChI is InChI=1S/C23H21F3O4/c1-22(2,3)15-4-6-17(7-5-15)29-21-13-12-19(14-20(21)27)28-16-8-10-18(11-9-16)30-23(24,25)26/h4-14,27H,1-3H3. The first-order valence-corrected chi connectivity index (χ1v) is 9.15. The lowest BCUT2D eigenvalue weighted by Crippen LogP contribution is -2.16. The molecule has 0 atom stereocenters. The lowest BCUT2D eigenvalue weighted by molar-refractivity contribution is -0.274. The number of phenolic OH excluding ortho intramolecular Hbond substituents is 1. The molecule has 0 spiro atoms. The van der Waals surface area contributed by atoms with E-state index < -0.39 is 6.36 Å². The van der Waals surface area contributed by atoms with Crippen LogP contribution in [0, 0.1) is 0 Å². The lowest BCUT2D eigenvalue weighted by Gasteiger charge is -2.19. The molecular formula is C23H21F3O4. The largest absolute Gasteiger partial charge is 0.573 e. The second-order valence-electron chi connectivity index (χ2n) is 7.63. The molecule has 3 aromatic carbocycles. The summed E-state index contributed by atoms with van der Waals surface area (Å²) < 4.78 is 51.7. The summed E-state index contributed by atoms with van der Waals surface area (Å²) in [6.07, 6.45) is -4.75. The van der Waals surface area contributed by atoms with E-state index in [0.29, 0.717) is 11.5 Å². The van der Waals surface area contributed by atoms with Crippen molar-refractivity contribution >= 4 is 0 Å². The Labute approximate surface area is 172 Å². The van der Waals surface area contributed by atoms with E-state index in [4.69, 9.17) is 9.47 Å². The Kier molecular flexibility index (Phi) is 5.82. The maximum Gasteiger partial charge on any atom is 0.573 e. The zero-order valence-corrected chi connectivity index (χ0v) is 16.7. The summed E-state index contributed by atoms with van der Waals surface area (Å²) in [4.78, 5) is 0. The van der Waals surface area contributed by atoms with Crippen molar-refractivity contribution in [1.82, 2.24) is 0 Å². The van der Waals surface area contributed by atoms with Gasteiger partial charge in [-0.25, -0.2) is 0 Å². The van der Waals surface area contributed by atoms with Gasteiger partial charge < -0.3 is 19.3 Å². The van der Waals surface area contributed by atoms with Gasteiger partial charge >= 0.3 is 6.36 Å². The SMILES string of the molecule is CC(C)(C)c1ccc(Oc2ccc(Oc3ccc(OC(F)(F)F)cc3)cc2O)cc1. The van der Waals surface area contributed by atoms with Crippen LogP contribution in [0.5, 0.6) is 34.5 Å². The number of phenols is 1. The minimum absolute atomic E-state index is 0.0245. The van der Waals surface area contributed by atoms with Crippen molar-refractivity contribution in [3.8, 4) is 34.5 Å². The first kappa shape index (κ1) is 21.4. The summed E-state index contributed by atoms with van der Waals surface area (Å²) in [5.41, 5.74) is 1.19. The number of rotatable bonds is 5. The van der Waals surface area contributed by atoms with Crippen LogP contribution in [0.2, 0.25) is 0 Å². The average molecular weight is 418 g/mol. The molecule has 0 aliphatic carbocycles. The highest BCUT2D eigenvalue weighted by molar-refractivity contribution is 5.48. The van der Waals surface area contributed by atoms with Crippen molar-refractivity contribution in [2.45, 2.75) is 32.5 Å². The van der Waals surface area contributed by atoms with E-state index in [9.17, 15) is 18.3 Å². The molecule has 0 aliphatic heterocycles. The summed E-state index contributed by atoms with van der Waals surface area (Å²) in [7, 11) is 0. The third-order valence-electron chi connectivity index (χ3n) is 4.17. The molecule has 1 N–H and O–H groups in total. The molecule has 30 heavy (non-hydrogen) atoms. The van der Waals surface area contributed by atoms with Gasteiger partial charge in [-0.15, -0.1) is 13.2 Å². The van der Waals surface area contributed by atoms with Crippen molar-refractivity contribution in [1.29, 1.82) is 0 Å². The summed E-state index contributed by atoms with van der Waals surface area (Å²) >= 11 is 0. The summed E-state index contributed by atoms with van der Waals surface area (Å²) in [5, 5.41) is 10.2. The van der Waals surface area contributed by atoms with Gasteiger partial charge in [-0.1, -0.05) is 32.9 Å². The van der Waals surface area contributed by atoms with Crippen LogP contribution < -0.4 is 14.2 Å². The normalized spacial score (nSPS) is 11.8. The van der Waals surface area contributed by atoms with Gasteiger partial charge in [0.05, 0.1) is 0 Å². The predicted octanol–water partition coefficient (Wildman–Crippen LogP) is 7.17. The van der Waals surface area contributed by atoms with Crippen LogP contribution in [0.4, 0.5) is 13.2 Å². The quantitative estimate of drug-likeness (QED) is 0.477. The fraction of sp³-hybridized carbons (Fsp3) is 0.217. The van der Waals surface area contributed by atoms with Gasteiger partial charge in [0.25, 0.3) is 0 Å². The monoisotopic (exact) mass is 418 g/mol. The molecule has 0 aromatic heterocycles. The minimum atomic E-state index is -4.75. The maximum atomic E-state index is 12.2. The molecular weight excluding hydrogens is 397 g/mol. The zero-order chi connectivity index (χ0) is 21.9. The van der Waals surface area contributed by atoms with Crippen LogP contribution in [0.1, 0.15) is 26.3 Å². The molecule has 0 amide bonds. The molecule has 0 saturated heterocycles. The van der Waals surface area contributed by atoms with Gasteiger partial charge in [0.1, 0.15) is 23.0 Å². The highest BCUT2D eigenvalue weighted by Gasteiger charge is 2.31. The van der Waals surface area contributed by atoms with E-state index in [2.05, 4.69) is 25.5 Å². The van der Waals surface area contributed by atoms with Crippen molar-refractivity contribution in [3.05, 3.63) is 72.3 Å². The minimum Gasteiger partial charge on any atom is -0.504 e. The summed E-state index contributed by atoms with van der Waals surface area (Å²) in [6.45, 7) is 6.35. The Bertz CT molecular complexity index is 989. The number of ether oxygens (including phenoxy) is 3. The predicted molar refractivity (Wildman–Crippen MR) is 107 cm³/mol. The Morgan fingerprint density at radius 1 is 0.667 bits per heavy atom. The molecule has 0 bridgehead atoms. The Hall–Kier alpha value is -3.35. The second kappa shape index (κ2) is 8.18. The van der Waals surface area contributed by atoms with Crippen molar-refractivity contribution < 1.29 is 32.5 Å². The van der Waals surface area contributed by atoms with Crippen LogP contribution in [-0.4, -0.2) is 11.5 Å². The smallest absolute Gasteiger partial charge is 0.504 e. The van der Waals surface area contributed by atoms with E-state index in [-0.39, 0.29) is 28.4 Å². The third kappa shape index (κ3) is 5.83. The van der Waals surface area contributed by atoms with Crippen LogP contribution in [0.25, 0.3) is 0 Å². The van der Waals surface area contributed by atoms with E-state index >= 15 is 0 Å². The number of aromatic hydroxyl groups is 1. The number of hydrogen-bond donors (Lipinski definition) is 1. The van der Waals surface area contributed by atoms with Crippen LogP contribution in [0.3, 0.4) is 0 Å². The van der Waals surface area contributed by atoms with Crippen LogP contribution in [-0.2, 0) is 5.41 Å². The van der Waals surface area contributed by atoms with Gasteiger partial charge in [-0.05, 0) is 59.5 Å². The van der Waals surface area contributed by atoms with Crippen molar-refractivity contribution in [2.24, 2.45) is 0 Å². The molecule has 0 saturated carbocycles. The molecule has 4 nitrogen and oxygen atoms in total. The number of benzene rings is 3. The Morgan fingerprint density at radius 2 is 1.17 bits per heavy atom.